The molecular formula is C13H16BrNO3. The van der Waals surface area contributed by atoms with Crippen LogP contribution in [0.1, 0.15) is 16.8 Å². The van der Waals surface area contributed by atoms with E-state index >= 15 is 0 Å². The number of nitrogens with zero attached hydrogens (tertiary/aromatic N) is 1. The number of rotatable bonds is 4. The zero-order valence-electron chi connectivity index (χ0n) is 10.3. The molecule has 0 aliphatic carbocycles. The quantitative estimate of drug-likeness (QED) is 0.801. The molecule has 4 nitrogen and oxygen atoms in total. The maximum Gasteiger partial charge on any atom is 0.253 e. The van der Waals surface area contributed by atoms with Crippen molar-refractivity contribution < 1.29 is 14.3 Å². The summed E-state index contributed by atoms with van der Waals surface area (Å²) in [5.74, 6) is 1.37. The second-order valence-electron chi connectivity index (χ2n) is 4.13. The molecule has 0 aromatic heterocycles. The van der Waals surface area contributed by atoms with Gasteiger partial charge in [-0.1, -0.05) is 15.9 Å². The molecule has 1 amide bonds. The predicted molar refractivity (Wildman–Crippen MR) is 72.8 cm³/mol. The molecule has 0 bridgehead atoms. The van der Waals surface area contributed by atoms with Crippen LogP contribution in [0.3, 0.4) is 0 Å². The van der Waals surface area contributed by atoms with Crippen molar-refractivity contribution in [2.75, 3.05) is 32.1 Å². The van der Waals surface area contributed by atoms with Gasteiger partial charge in [-0.15, -0.1) is 0 Å². The fourth-order valence-corrected chi connectivity index (χ4v) is 2.05. The molecule has 1 heterocycles. The van der Waals surface area contributed by atoms with Gasteiger partial charge in [-0.05, 0) is 24.6 Å². The molecule has 1 aromatic rings. The first-order valence-corrected chi connectivity index (χ1v) is 7.05. The first-order chi connectivity index (χ1) is 8.72. The van der Waals surface area contributed by atoms with Crippen molar-refractivity contribution in [1.29, 1.82) is 0 Å². The lowest BCUT2D eigenvalue weighted by Gasteiger charge is -2.20. The largest absolute Gasteiger partial charge is 0.486 e. The first kappa shape index (κ1) is 13.2. The SMILES string of the molecule is CN(CCCBr)C(=O)c1ccc2c(c1)OCCO2. The van der Waals surface area contributed by atoms with E-state index in [4.69, 9.17) is 9.47 Å². The zero-order valence-corrected chi connectivity index (χ0v) is 11.9. The van der Waals surface area contributed by atoms with E-state index in [1.807, 2.05) is 7.05 Å². The summed E-state index contributed by atoms with van der Waals surface area (Å²) in [5.41, 5.74) is 0.635. The van der Waals surface area contributed by atoms with Crippen molar-refractivity contribution in [3.05, 3.63) is 23.8 Å². The lowest BCUT2D eigenvalue weighted by atomic mass is 10.1. The molecule has 1 aliphatic rings. The third-order valence-electron chi connectivity index (χ3n) is 2.76. The van der Waals surface area contributed by atoms with Gasteiger partial charge in [0.15, 0.2) is 11.5 Å². The second-order valence-corrected chi connectivity index (χ2v) is 4.92. The van der Waals surface area contributed by atoms with Crippen LogP contribution in [-0.4, -0.2) is 42.9 Å². The molecule has 5 heteroatoms. The summed E-state index contributed by atoms with van der Waals surface area (Å²) in [5, 5.41) is 0.895. The summed E-state index contributed by atoms with van der Waals surface area (Å²) in [6.45, 7) is 1.83. The molecule has 1 aromatic carbocycles. The van der Waals surface area contributed by atoms with Crippen LogP contribution in [0.2, 0.25) is 0 Å². The minimum atomic E-state index is 0.00734. The normalized spacial score (nSPS) is 13.2. The van der Waals surface area contributed by atoms with Gasteiger partial charge in [0.2, 0.25) is 0 Å². The van der Waals surface area contributed by atoms with Gasteiger partial charge in [0.25, 0.3) is 5.91 Å². The van der Waals surface area contributed by atoms with Crippen molar-refractivity contribution in [1.82, 2.24) is 4.90 Å². The Morgan fingerprint density at radius 1 is 1.33 bits per heavy atom. The van der Waals surface area contributed by atoms with Crippen LogP contribution in [0.5, 0.6) is 11.5 Å². The molecule has 0 atom stereocenters. The highest BCUT2D eigenvalue weighted by molar-refractivity contribution is 9.09. The van der Waals surface area contributed by atoms with E-state index in [-0.39, 0.29) is 5.91 Å². The van der Waals surface area contributed by atoms with Crippen molar-refractivity contribution in [3.63, 3.8) is 0 Å². The summed E-state index contributed by atoms with van der Waals surface area (Å²) < 4.78 is 10.9. The molecule has 0 radical (unpaired) electrons. The van der Waals surface area contributed by atoms with Gasteiger partial charge in [-0.25, -0.2) is 0 Å². The van der Waals surface area contributed by atoms with Gasteiger partial charge in [0.1, 0.15) is 13.2 Å². The summed E-state index contributed by atoms with van der Waals surface area (Å²) >= 11 is 3.36. The molecule has 0 saturated carbocycles. The monoisotopic (exact) mass is 313 g/mol. The van der Waals surface area contributed by atoms with Gasteiger partial charge in [0.05, 0.1) is 0 Å². The van der Waals surface area contributed by atoms with E-state index in [0.717, 1.165) is 18.3 Å². The number of carbonyl (C=O) groups excluding carboxylic acids is 1. The van der Waals surface area contributed by atoms with Crippen LogP contribution in [0.25, 0.3) is 0 Å². The number of hydrogen-bond acceptors (Lipinski definition) is 3. The van der Waals surface area contributed by atoms with E-state index < -0.39 is 0 Å². The standard InChI is InChI=1S/C13H16BrNO3/c1-15(6-2-5-14)13(16)10-3-4-11-12(9-10)18-8-7-17-11/h3-4,9H,2,5-8H2,1H3. The van der Waals surface area contributed by atoms with Crippen LogP contribution < -0.4 is 9.47 Å². The predicted octanol–water partition coefficient (Wildman–Crippen LogP) is 2.31. The average molecular weight is 314 g/mol. The van der Waals surface area contributed by atoms with Crippen molar-refractivity contribution >= 4 is 21.8 Å². The van der Waals surface area contributed by atoms with E-state index in [1.54, 1.807) is 23.1 Å². The van der Waals surface area contributed by atoms with E-state index in [0.29, 0.717) is 30.3 Å². The van der Waals surface area contributed by atoms with E-state index in [1.165, 1.54) is 0 Å². The molecule has 0 fully saturated rings. The Bertz CT molecular complexity index is 436. The van der Waals surface area contributed by atoms with Crippen LogP contribution in [0, 0.1) is 0 Å². The minimum Gasteiger partial charge on any atom is -0.486 e. The number of halogens is 1. The Kier molecular flexibility index (Phi) is 4.47. The van der Waals surface area contributed by atoms with Gasteiger partial charge in [0, 0.05) is 24.5 Å². The Morgan fingerprint density at radius 2 is 2.06 bits per heavy atom. The highest BCUT2D eigenvalue weighted by Gasteiger charge is 2.16. The molecule has 0 N–H and O–H groups in total. The molecule has 0 saturated heterocycles. The zero-order chi connectivity index (χ0) is 13.0. The topological polar surface area (TPSA) is 38.8 Å². The van der Waals surface area contributed by atoms with Gasteiger partial charge in [-0.2, -0.15) is 0 Å². The number of carbonyl (C=O) groups is 1. The third kappa shape index (κ3) is 2.96. The molecule has 2 rings (SSSR count). The molecule has 1 aliphatic heterocycles. The van der Waals surface area contributed by atoms with Crippen molar-refractivity contribution in [3.8, 4) is 11.5 Å². The number of amides is 1. The van der Waals surface area contributed by atoms with Crippen LogP contribution in [0.4, 0.5) is 0 Å². The maximum atomic E-state index is 12.2. The Hall–Kier alpha value is -1.23. The number of fused-ring (bicyclic) bond motifs is 1. The molecular weight excluding hydrogens is 298 g/mol. The van der Waals surface area contributed by atoms with E-state index in [9.17, 15) is 4.79 Å². The number of benzene rings is 1. The van der Waals surface area contributed by atoms with E-state index in [2.05, 4.69) is 15.9 Å². The number of hydrogen-bond donors (Lipinski definition) is 0. The van der Waals surface area contributed by atoms with Gasteiger partial charge < -0.3 is 14.4 Å². The van der Waals surface area contributed by atoms with Crippen LogP contribution >= 0.6 is 15.9 Å². The smallest absolute Gasteiger partial charge is 0.253 e. The minimum absolute atomic E-state index is 0.00734. The summed E-state index contributed by atoms with van der Waals surface area (Å²) in [6.07, 6.45) is 0.937. The summed E-state index contributed by atoms with van der Waals surface area (Å²) in [6, 6.07) is 5.32. The Morgan fingerprint density at radius 3 is 2.78 bits per heavy atom. The first-order valence-electron chi connectivity index (χ1n) is 5.93. The second kappa shape index (κ2) is 6.09. The van der Waals surface area contributed by atoms with Gasteiger partial charge >= 0.3 is 0 Å². The highest BCUT2D eigenvalue weighted by atomic mass is 79.9. The Labute approximate surface area is 115 Å². The fraction of sp³-hybridized carbons (Fsp3) is 0.462. The Balaban J connectivity index is 2.10. The molecule has 0 spiro atoms. The molecule has 98 valence electrons. The highest BCUT2D eigenvalue weighted by Crippen LogP contribution is 2.30. The number of alkyl halides is 1. The van der Waals surface area contributed by atoms with Crippen molar-refractivity contribution in [2.45, 2.75) is 6.42 Å². The molecule has 0 unspecified atom stereocenters. The maximum absolute atomic E-state index is 12.2. The third-order valence-corrected chi connectivity index (χ3v) is 3.32. The lowest BCUT2D eigenvalue weighted by molar-refractivity contribution is 0.0794. The summed E-state index contributed by atoms with van der Waals surface area (Å²) in [7, 11) is 1.81. The van der Waals surface area contributed by atoms with Crippen LogP contribution in [-0.2, 0) is 0 Å². The lowest BCUT2D eigenvalue weighted by Crippen LogP contribution is -2.28. The summed E-state index contributed by atoms with van der Waals surface area (Å²) in [4.78, 5) is 13.9. The average Bonchev–Trinajstić information content (AvgIpc) is 2.43. The van der Waals surface area contributed by atoms with Gasteiger partial charge in [-0.3, -0.25) is 4.79 Å². The fourth-order valence-electron chi connectivity index (χ4n) is 1.80. The molecule has 18 heavy (non-hydrogen) atoms. The van der Waals surface area contributed by atoms with Crippen LogP contribution in [0.15, 0.2) is 18.2 Å². The van der Waals surface area contributed by atoms with Crippen molar-refractivity contribution in [2.24, 2.45) is 0 Å². The number of ether oxygens (including phenoxy) is 2.